The number of carbonyl (C=O) groups is 1. The minimum atomic E-state index is -0.0144. The van der Waals surface area contributed by atoms with Crippen LogP contribution in [-0.2, 0) is 4.79 Å². The number of anilines is 1. The molecule has 1 aromatic carbocycles. The minimum Gasteiger partial charge on any atom is -0.497 e. The van der Waals surface area contributed by atoms with E-state index < -0.39 is 0 Å². The van der Waals surface area contributed by atoms with Gasteiger partial charge in [0.05, 0.1) is 13.7 Å². The van der Waals surface area contributed by atoms with Crippen LogP contribution in [-0.4, -0.2) is 24.6 Å². The van der Waals surface area contributed by atoms with Gasteiger partial charge < -0.3 is 14.8 Å². The fourth-order valence-electron chi connectivity index (χ4n) is 2.73. The van der Waals surface area contributed by atoms with Gasteiger partial charge in [-0.25, -0.2) is 4.98 Å². The normalized spacial score (nSPS) is 18.8. The van der Waals surface area contributed by atoms with Crippen molar-refractivity contribution in [2.75, 3.05) is 19.0 Å². The molecule has 1 aromatic heterocycles. The molecule has 2 aromatic rings. The van der Waals surface area contributed by atoms with Crippen LogP contribution in [0.4, 0.5) is 5.82 Å². The van der Waals surface area contributed by atoms with Gasteiger partial charge in [-0.2, -0.15) is 0 Å². The van der Waals surface area contributed by atoms with Gasteiger partial charge in [0.1, 0.15) is 5.75 Å². The number of benzene rings is 1. The second-order valence-electron chi connectivity index (χ2n) is 5.91. The molecule has 0 spiro atoms. The molecule has 1 aliphatic carbocycles. The van der Waals surface area contributed by atoms with Crippen molar-refractivity contribution in [3.05, 3.63) is 48.2 Å². The number of nitrogens with one attached hydrogen (secondary N) is 1. The summed E-state index contributed by atoms with van der Waals surface area (Å²) in [6.45, 7) is 2.64. The highest BCUT2D eigenvalue weighted by atomic mass is 16.5. The van der Waals surface area contributed by atoms with Crippen molar-refractivity contribution >= 4 is 11.7 Å². The Balaban J connectivity index is 1.62. The SMILES string of the molecule is CCCOc1cccnc1NC(=O)C1CC1c1ccc(OC)cc1. The number of ether oxygens (including phenoxy) is 2. The molecule has 1 aliphatic rings. The summed E-state index contributed by atoms with van der Waals surface area (Å²) in [6.07, 6.45) is 3.42. The molecule has 1 fully saturated rings. The number of amides is 1. The molecule has 1 heterocycles. The van der Waals surface area contributed by atoms with E-state index in [1.54, 1.807) is 19.4 Å². The van der Waals surface area contributed by atoms with Gasteiger partial charge >= 0.3 is 0 Å². The molecule has 2 atom stereocenters. The standard InChI is InChI=1S/C19H22N2O3/c1-3-11-24-17-5-4-10-20-18(17)21-19(22)16-12-15(16)13-6-8-14(23-2)9-7-13/h4-10,15-16H,3,11-12H2,1-2H3,(H,20,21,22). The summed E-state index contributed by atoms with van der Waals surface area (Å²) in [5.74, 6) is 2.19. The van der Waals surface area contributed by atoms with Gasteiger partial charge in [-0.05, 0) is 48.6 Å². The third-order valence-corrected chi connectivity index (χ3v) is 4.15. The Bertz CT molecular complexity index is 700. The van der Waals surface area contributed by atoms with Crippen LogP contribution in [0.15, 0.2) is 42.6 Å². The topological polar surface area (TPSA) is 60.5 Å². The van der Waals surface area contributed by atoms with Crippen LogP contribution in [0.25, 0.3) is 0 Å². The smallest absolute Gasteiger partial charge is 0.229 e. The van der Waals surface area contributed by atoms with Gasteiger partial charge in [0.15, 0.2) is 11.6 Å². The number of pyridine rings is 1. The third-order valence-electron chi connectivity index (χ3n) is 4.15. The molecule has 5 nitrogen and oxygen atoms in total. The van der Waals surface area contributed by atoms with Crippen molar-refractivity contribution in [3.8, 4) is 11.5 Å². The van der Waals surface area contributed by atoms with Gasteiger partial charge in [-0.3, -0.25) is 4.79 Å². The zero-order valence-corrected chi connectivity index (χ0v) is 14.0. The van der Waals surface area contributed by atoms with E-state index in [1.807, 2.05) is 37.3 Å². The molecule has 126 valence electrons. The zero-order valence-electron chi connectivity index (χ0n) is 14.0. The van der Waals surface area contributed by atoms with E-state index in [2.05, 4.69) is 10.3 Å². The second kappa shape index (κ2) is 7.34. The first-order valence-corrected chi connectivity index (χ1v) is 8.25. The van der Waals surface area contributed by atoms with Crippen molar-refractivity contribution < 1.29 is 14.3 Å². The average Bonchev–Trinajstić information content (AvgIpc) is 3.42. The molecule has 1 N–H and O–H groups in total. The third kappa shape index (κ3) is 3.67. The summed E-state index contributed by atoms with van der Waals surface area (Å²) in [5, 5.41) is 2.90. The molecule has 1 amide bonds. The summed E-state index contributed by atoms with van der Waals surface area (Å²) in [6, 6.07) is 11.5. The number of hydrogen-bond donors (Lipinski definition) is 1. The maximum absolute atomic E-state index is 12.5. The average molecular weight is 326 g/mol. The minimum absolute atomic E-state index is 0.00383. The number of carbonyl (C=O) groups excluding carboxylic acids is 1. The maximum atomic E-state index is 12.5. The first kappa shape index (κ1) is 16.3. The van der Waals surface area contributed by atoms with Crippen molar-refractivity contribution in [1.82, 2.24) is 4.98 Å². The van der Waals surface area contributed by atoms with Gasteiger partial charge in [0.2, 0.25) is 5.91 Å². The molecular weight excluding hydrogens is 304 g/mol. The van der Waals surface area contributed by atoms with Crippen molar-refractivity contribution in [1.29, 1.82) is 0 Å². The van der Waals surface area contributed by atoms with Crippen LogP contribution in [0.1, 0.15) is 31.2 Å². The van der Waals surface area contributed by atoms with Crippen LogP contribution in [0, 0.1) is 5.92 Å². The highest BCUT2D eigenvalue weighted by Gasteiger charge is 2.44. The van der Waals surface area contributed by atoms with E-state index in [-0.39, 0.29) is 17.7 Å². The van der Waals surface area contributed by atoms with Crippen LogP contribution < -0.4 is 14.8 Å². The molecule has 2 unspecified atom stereocenters. The lowest BCUT2D eigenvalue weighted by atomic mass is 10.1. The Morgan fingerprint density at radius 1 is 1.29 bits per heavy atom. The lowest BCUT2D eigenvalue weighted by Crippen LogP contribution is -2.16. The lowest BCUT2D eigenvalue weighted by molar-refractivity contribution is -0.117. The summed E-state index contributed by atoms with van der Waals surface area (Å²) >= 11 is 0. The van der Waals surface area contributed by atoms with Crippen LogP contribution in [0.3, 0.4) is 0 Å². The number of hydrogen-bond acceptors (Lipinski definition) is 4. The quantitative estimate of drug-likeness (QED) is 0.844. The number of aromatic nitrogens is 1. The van der Waals surface area contributed by atoms with Gasteiger partial charge in [-0.1, -0.05) is 19.1 Å². The van der Waals surface area contributed by atoms with Gasteiger partial charge in [-0.15, -0.1) is 0 Å². The molecule has 0 radical (unpaired) electrons. The zero-order chi connectivity index (χ0) is 16.9. The highest BCUT2D eigenvalue weighted by molar-refractivity contribution is 5.95. The fourth-order valence-corrected chi connectivity index (χ4v) is 2.73. The van der Waals surface area contributed by atoms with Gasteiger partial charge in [0.25, 0.3) is 0 Å². The second-order valence-corrected chi connectivity index (χ2v) is 5.91. The largest absolute Gasteiger partial charge is 0.497 e. The number of methoxy groups -OCH3 is 1. The van der Waals surface area contributed by atoms with Crippen LogP contribution >= 0.6 is 0 Å². The van der Waals surface area contributed by atoms with E-state index in [0.717, 1.165) is 18.6 Å². The molecule has 0 saturated heterocycles. The predicted octanol–water partition coefficient (Wildman–Crippen LogP) is 3.62. The van der Waals surface area contributed by atoms with Crippen LogP contribution in [0.5, 0.6) is 11.5 Å². The van der Waals surface area contributed by atoms with Crippen molar-refractivity contribution in [2.24, 2.45) is 5.92 Å². The molecule has 3 rings (SSSR count). The van der Waals surface area contributed by atoms with E-state index >= 15 is 0 Å². The molecule has 0 bridgehead atoms. The summed E-state index contributed by atoms with van der Waals surface area (Å²) in [7, 11) is 1.65. The first-order chi connectivity index (χ1) is 11.7. The molecular formula is C19H22N2O3. The van der Waals surface area contributed by atoms with Crippen LogP contribution in [0.2, 0.25) is 0 Å². The molecule has 1 saturated carbocycles. The van der Waals surface area contributed by atoms with E-state index in [0.29, 0.717) is 18.2 Å². The predicted molar refractivity (Wildman–Crippen MR) is 92.5 cm³/mol. The monoisotopic (exact) mass is 326 g/mol. The van der Waals surface area contributed by atoms with Crippen molar-refractivity contribution in [3.63, 3.8) is 0 Å². The summed E-state index contributed by atoms with van der Waals surface area (Å²) < 4.78 is 10.8. The Kier molecular flexibility index (Phi) is 4.99. The Morgan fingerprint density at radius 2 is 2.08 bits per heavy atom. The van der Waals surface area contributed by atoms with Gasteiger partial charge in [0, 0.05) is 12.1 Å². The lowest BCUT2D eigenvalue weighted by Gasteiger charge is -2.10. The van der Waals surface area contributed by atoms with E-state index in [1.165, 1.54) is 5.56 Å². The fraction of sp³-hybridized carbons (Fsp3) is 0.368. The summed E-state index contributed by atoms with van der Waals surface area (Å²) in [5.41, 5.74) is 1.17. The summed E-state index contributed by atoms with van der Waals surface area (Å²) in [4.78, 5) is 16.7. The molecule has 24 heavy (non-hydrogen) atoms. The van der Waals surface area contributed by atoms with E-state index in [4.69, 9.17) is 9.47 Å². The first-order valence-electron chi connectivity index (χ1n) is 8.25. The highest BCUT2D eigenvalue weighted by Crippen LogP contribution is 2.48. The molecule has 5 heteroatoms. The Labute approximate surface area is 142 Å². The van der Waals surface area contributed by atoms with E-state index in [9.17, 15) is 4.79 Å². The number of nitrogens with zero attached hydrogens (tertiary/aromatic N) is 1. The van der Waals surface area contributed by atoms with Crippen molar-refractivity contribution in [2.45, 2.75) is 25.7 Å². The maximum Gasteiger partial charge on any atom is 0.229 e. The number of rotatable bonds is 7. The molecule has 0 aliphatic heterocycles. The Hall–Kier alpha value is -2.56. The Morgan fingerprint density at radius 3 is 2.79 bits per heavy atom.